The second-order valence-corrected chi connectivity index (χ2v) is 5.43. The second kappa shape index (κ2) is 9.03. The molecular formula is C17H27NO3. The Morgan fingerprint density at radius 2 is 2.14 bits per heavy atom. The Morgan fingerprint density at radius 1 is 1.33 bits per heavy atom. The molecule has 0 spiro atoms. The minimum absolute atomic E-state index is 0.211. The Bertz CT molecular complexity index is 405. The molecule has 1 N–H and O–H groups in total. The van der Waals surface area contributed by atoms with Crippen molar-refractivity contribution in [3.8, 4) is 5.75 Å². The molecular weight excluding hydrogens is 266 g/mol. The number of methoxy groups -OCH3 is 1. The molecule has 0 bridgehead atoms. The van der Waals surface area contributed by atoms with Crippen LogP contribution in [0.4, 0.5) is 0 Å². The van der Waals surface area contributed by atoms with Crippen molar-refractivity contribution in [1.82, 2.24) is 5.32 Å². The largest absolute Gasteiger partial charge is 0.497 e. The number of nitrogens with one attached hydrogen (secondary N) is 1. The molecule has 1 aromatic rings. The minimum Gasteiger partial charge on any atom is -0.497 e. The van der Waals surface area contributed by atoms with Gasteiger partial charge in [-0.3, -0.25) is 0 Å². The van der Waals surface area contributed by atoms with Gasteiger partial charge in [-0.15, -0.1) is 0 Å². The first-order valence-electron chi connectivity index (χ1n) is 7.90. The fourth-order valence-electron chi connectivity index (χ4n) is 2.52. The zero-order valence-electron chi connectivity index (χ0n) is 13.1. The highest BCUT2D eigenvalue weighted by molar-refractivity contribution is 5.30. The van der Waals surface area contributed by atoms with Crippen molar-refractivity contribution < 1.29 is 14.2 Å². The highest BCUT2D eigenvalue weighted by atomic mass is 16.5. The van der Waals surface area contributed by atoms with Crippen LogP contribution in [0.5, 0.6) is 5.75 Å². The summed E-state index contributed by atoms with van der Waals surface area (Å²) in [6, 6.07) is 8.43. The molecule has 1 aromatic carbocycles. The third-order valence-electron chi connectivity index (χ3n) is 3.80. The SMILES string of the molecule is CCCNC(COC1CCOCC1)c1cccc(OC)c1. The maximum absolute atomic E-state index is 6.09. The highest BCUT2D eigenvalue weighted by Gasteiger charge is 2.18. The molecule has 1 saturated heterocycles. The molecule has 0 aliphatic carbocycles. The van der Waals surface area contributed by atoms with E-state index in [4.69, 9.17) is 14.2 Å². The summed E-state index contributed by atoms with van der Waals surface area (Å²) in [6.45, 7) is 5.49. The van der Waals surface area contributed by atoms with Gasteiger partial charge in [0, 0.05) is 13.2 Å². The summed E-state index contributed by atoms with van der Waals surface area (Å²) >= 11 is 0. The summed E-state index contributed by atoms with van der Waals surface area (Å²) in [5, 5.41) is 3.56. The third kappa shape index (κ3) is 5.30. The Morgan fingerprint density at radius 3 is 2.86 bits per heavy atom. The summed E-state index contributed by atoms with van der Waals surface area (Å²) in [6.07, 6.45) is 3.44. The minimum atomic E-state index is 0.211. The van der Waals surface area contributed by atoms with Gasteiger partial charge in [-0.05, 0) is 43.5 Å². The average molecular weight is 293 g/mol. The quantitative estimate of drug-likeness (QED) is 0.800. The van der Waals surface area contributed by atoms with Crippen molar-refractivity contribution in [3.63, 3.8) is 0 Å². The van der Waals surface area contributed by atoms with Crippen molar-refractivity contribution in [1.29, 1.82) is 0 Å². The van der Waals surface area contributed by atoms with Crippen LogP contribution in [0.15, 0.2) is 24.3 Å². The molecule has 0 radical (unpaired) electrons. The molecule has 2 rings (SSSR count). The molecule has 1 aliphatic rings. The molecule has 21 heavy (non-hydrogen) atoms. The Balaban J connectivity index is 1.95. The van der Waals surface area contributed by atoms with Gasteiger partial charge in [-0.1, -0.05) is 19.1 Å². The monoisotopic (exact) mass is 293 g/mol. The molecule has 1 heterocycles. The van der Waals surface area contributed by atoms with Gasteiger partial charge in [-0.2, -0.15) is 0 Å². The average Bonchev–Trinajstić information content (AvgIpc) is 2.56. The summed E-state index contributed by atoms with van der Waals surface area (Å²) in [7, 11) is 1.70. The fourth-order valence-corrected chi connectivity index (χ4v) is 2.52. The maximum atomic E-state index is 6.09. The normalized spacial score (nSPS) is 17.6. The Hall–Kier alpha value is -1.10. The van der Waals surface area contributed by atoms with Crippen LogP contribution in [-0.4, -0.2) is 39.6 Å². The van der Waals surface area contributed by atoms with E-state index in [-0.39, 0.29) is 6.04 Å². The smallest absolute Gasteiger partial charge is 0.119 e. The Labute approximate surface area is 127 Å². The topological polar surface area (TPSA) is 39.7 Å². The first-order valence-corrected chi connectivity index (χ1v) is 7.90. The molecule has 0 saturated carbocycles. The van der Waals surface area contributed by atoms with Crippen molar-refractivity contribution in [2.45, 2.75) is 38.3 Å². The van der Waals surface area contributed by atoms with E-state index in [2.05, 4.69) is 24.4 Å². The van der Waals surface area contributed by atoms with Gasteiger partial charge < -0.3 is 19.5 Å². The van der Waals surface area contributed by atoms with Gasteiger partial charge in [0.1, 0.15) is 5.75 Å². The molecule has 0 amide bonds. The highest BCUT2D eigenvalue weighted by Crippen LogP contribution is 2.21. The molecule has 1 unspecified atom stereocenters. The van der Waals surface area contributed by atoms with Crippen LogP contribution in [0, 0.1) is 0 Å². The van der Waals surface area contributed by atoms with Crippen LogP contribution in [0.2, 0.25) is 0 Å². The van der Waals surface area contributed by atoms with Gasteiger partial charge >= 0.3 is 0 Å². The Kier molecular flexibility index (Phi) is 7.00. The summed E-state index contributed by atoms with van der Waals surface area (Å²) in [5.41, 5.74) is 1.22. The van der Waals surface area contributed by atoms with E-state index in [1.807, 2.05) is 12.1 Å². The first kappa shape index (κ1) is 16.3. The lowest BCUT2D eigenvalue weighted by atomic mass is 10.1. The predicted octanol–water partition coefficient (Wildman–Crippen LogP) is 2.93. The van der Waals surface area contributed by atoms with Gasteiger partial charge in [-0.25, -0.2) is 0 Å². The molecule has 1 aliphatic heterocycles. The number of hydrogen-bond acceptors (Lipinski definition) is 4. The molecule has 0 aromatic heterocycles. The lowest BCUT2D eigenvalue weighted by Crippen LogP contribution is -2.30. The van der Waals surface area contributed by atoms with E-state index in [1.54, 1.807) is 7.11 Å². The van der Waals surface area contributed by atoms with E-state index in [9.17, 15) is 0 Å². The van der Waals surface area contributed by atoms with Gasteiger partial charge in [0.15, 0.2) is 0 Å². The summed E-state index contributed by atoms with van der Waals surface area (Å²) < 4.78 is 16.8. The van der Waals surface area contributed by atoms with Gasteiger partial charge in [0.2, 0.25) is 0 Å². The fraction of sp³-hybridized carbons (Fsp3) is 0.647. The summed E-state index contributed by atoms with van der Waals surface area (Å²) in [4.78, 5) is 0. The van der Waals surface area contributed by atoms with Crippen molar-refractivity contribution in [2.75, 3.05) is 33.5 Å². The maximum Gasteiger partial charge on any atom is 0.119 e. The lowest BCUT2D eigenvalue weighted by Gasteiger charge is -2.26. The van der Waals surface area contributed by atoms with Crippen LogP contribution in [-0.2, 0) is 9.47 Å². The first-order chi connectivity index (χ1) is 10.3. The van der Waals surface area contributed by atoms with E-state index in [1.165, 1.54) is 5.56 Å². The number of hydrogen-bond donors (Lipinski definition) is 1. The zero-order valence-corrected chi connectivity index (χ0v) is 13.1. The van der Waals surface area contributed by atoms with E-state index in [0.717, 1.165) is 44.8 Å². The van der Waals surface area contributed by atoms with E-state index in [0.29, 0.717) is 12.7 Å². The number of rotatable bonds is 8. The number of benzene rings is 1. The van der Waals surface area contributed by atoms with E-state index < -0.39 is 0 Å². The zero-order chi connectivity index (χ0) is 14.9. The van der Waals surface area contributed by atoms with Crippen molar-refractivity contribution in [3.05, 3.63) is 29.8 Å². The second-order valence-electron chi connectivity index (χ2n) is 5.43. The molecule has 1 atom stereocenters. The summed E-state index contributed by atoms with van der Waals surface area (Å²) in [5.74, 6) is 0.891. The lowest BCUT2D eigenvalue weighted by molar-refractivity contribution is -0.0383. The van der Waals surface area contributed by atoms with Crippen LogP contribution in [0.25, 0.3) is 0 Å². The molecule has 1 fully saturated rings. The third-order valence-corrected chi connectivity index (χ3v) is 3.80. The van der Waals surface area contributed by atoms with E-state index >= 15 is 0 Å². The molecule has 118 valence electrons. The van der Waals surface area contributed by atoms with Crippen molar-refractivity contribution in [2.24, 2.45) is 0 Å². The molecule has 4 heteroatoms. The predicted molar refractivity (Wildman–Crippen MR) is 83.8 cm³/mol. The molecule has 4 nitrogen and oxygen atoms in total. The van der Waals surface area contributed by atoms with Crippen molar-refractivity contribution >= 4 is 0 Å². The van der Waals surface area contributed by atoms with Crippen LogP contribution in [0.3, 0.4) is 0 Å². The van der Waals surface area contributed by atoms with Gasteiger partial charge in [0.05, 0.1) is 25.9 Å². The van der Waals surface area contributed by atoms with Gasteiger partial charge in [0.25, 0.3) is 0 Å². The number of ether oxygens (including phenoxy) is 3. The van der Waals surface area contributed by atoms with Crippen LogP contribution < -0.4 is 10.1 Å². The van der Waals surface area contributed by atoms with Crippen LogP contribution >= 0.6 is 0 Å². The van der Waals surface area contributed by atoms with Crippen LogP contribution in [0.1, 0.15) is 37.8 Å². The standard InChI is InChI=1S/C17H27NO3/c1-3-9-18-17(13-21-15-7-10-20-11-8-15)14-5-4-6-16(12-14)19-2/h4-6,12,15,17-18H,3,7-11,13H2,1-2H3.